The average Bonchev–Trinajstić information content (AvgIpc) is 1.99. The Hall–Kier alpha value is -0.770. The summed E-state index contributed by atoms with van der Waals surface area (Å²) in [6.45, 7) is 8.63. The molecule has 0 aromatic carbocycles. The zero-order valence-corrected chi connectivity index (χ0v) is 7.73. The summed E-state index contributed by atoms with van der Waals surface area (Å²) in [6.07, 6.45) is 3.19. The first-order chi connectivity index (χ1) is 4.87. The molecule has 0 radical (unpaired) electrons. The highest BCUT2D eigenvalue weighted by Crippen LogP contribution is 2.47. The summed E-state index contributed by atoms with van der Waals surface area (Å²) < 4.78 is 0. The molecule has 0 atom stereocenters. The van der Waals surface area contributed by atoms with Crippen LogP contribution in [0.4, 0.5) is 0 Å². The Kier molecular flexibility index (Phi) is 1.59. The van der Waals surface area contributed by atoms with Crippen LogP contribution < -0.4 is 0 Å². The highest BCUT2D eigenvalue weighted by atomic mass is 14.4. The molecule has 1 aliphatic carbocycles. The van der Waals surface area contributed by atoms with E-state index in [0.29, 0.717) is 0 Å². The average molecular weight is 149 g/mol. The van der Waals surface area contributed by atoms with Crippen molar-refractivity contribution in [2.24, 2.45) is 10.8 Å². The molecular formula is C10H15N. The van der Waals surface area contributed by atoms with Crippen molar-refractivity contribution in [3.05, 3.63) is 11.6 Å². The molecule has 0 heterocycles. The summed E-state index contributed by atoms with van der Waals surface area (Å²) >= 11 is 0. The minimum absolute atomic E-state index is 0.0955. The normalized spacial score (nSPS) is 25.9. The molecule has 1 rings (SSSR count). The van der Waals surface area contributed by atoms with Crippen molar-refractivity contribution in [2.75, 3.05) is 0 Å². The van der Waals surface area contributed by atoms with Gasteiger partial charge in [-0.1, -0.05) is 33.8 Å². The fourth-order valence-corrected chi connectivity index (χ4v) is 2.06. The second kappa shape index (κ2) is 2.11. The van der Waals surface area contributed by atoms with E-state index in [4.69, 9.17) is 5.26 Å². The molecule has 0 aliphatic heterocycles. The van der Waals surface area contributed by atoms with Crippen LogP contribution in [-0.2, 0) is 0 Å². The Morgan fingerprint density at radius 1 is 1.36 bits per heavy atom. The quantitative estimate of drug-likeness (QED) is 0.519. The lowest BCUT2D eigenvalue weighted by atomic mass is 9.81. The number of allylic oxidation sites excluding steroid dienone is 2. The first-order valence-electron chi connectivity index (χ1n) is 4.01. The molecule has 0 unspecified atom stereocenters. The van der Waals surface area contributed by atoms with E-state index in [1.54, 1.807) is 0 Å². The Labute approximate surface area is 68.7 Å². The summed E-state index contributed by atoms with van der Waals surface area (Å²) in [5, 5.41) is 8.82. The van der Waals surface area contributed by atoms with Gasteiger partial charge in [-0.05, 0) is 11.8 Å². The third-order valence-corrected chi connectivity index (χ3v) is 2.28. The highest BCUT2D eigenvalue weighted by molar-refractivity contribution is 5.34. The molecule has 0 aromatic heterocycles. The van der Waals surface area contributed by atoms with Gasteiger partial charge in [0.2, 0.25) is 0 Å². The van der Waals surface area contributed by atoms with Crippen molar-refractivity contribution in [3.8, 4) is 6.07 Å². The van der Waals surface area contributed by atoms with Crippen LogP contribution in [0.3, 0.4) is 0 Å². The predicted octanol–water partition coefficient (Wildman–Crippen LogP) is 2.89. The number of rotatable bonds is 0. The fraction of sp³-hybridized carbons (Fsp3) is 0.700. The van der Waals surface area contributed by atoms with Crippen LogP contribution in [0.15, 0.2) is 11.6 Å². The second-order valence-electron chi connectivity index (χ2n) is 4.72. The molecule has 0 saturated heterocycles. The lowest BCUT2D eigenvalue weighted by Crippen LogP contribution is -2.13. The first kappa shape index (κ1) is 8.33. The Morgan fingerprint density at radius 3 is 2.09 bits per heavy atom. The highest BCUT2D eigenvalue weighted by Gasteiger charge is 2.37. The van der Waals surface area contributed by atoms with Gasteiger partial charge in [0.15, 0.2) is 0 Å². The minimum Gasteiger partial charge on any atom is -0.193 e. The molecule has 1 heteroatoms. The molecule has 0 amide bonds. The summed E-state index contributed by atoms with van der Waals surface area (Å²) in [5.41, 5.74) is 1.26. The van der Waals surface area contributed by atoms with Crippen molar-refractivity contribution < 1.29 is 0 Å². The molecule has 0 fully saturated rings. The molecule has 0 aromatic rings. The maximum atomic E-state index is 8.82. The van der Waals surface area contributed by atoms with Crippen molar-refractivity contribution in [2.45, 2.75) is 34.1 Å². The number of nitriles is 1. The van der Waals surface area contributed by atoms with Gasteiger partial charge >= 0.3 is 0 Å². The molecule has 1 nitrogen and oxygen atoms in total. The molecule has 0 bridgehead atoms. The third kappa shape index (κ3) is 1.45. The van der Waals surface area contributed by atoms with Gasteiger partial charge in [0.1, 0.15) is 0 Å². The van der Waals surface area contributed by atoms with E-state index in [1.807, 2.05) is 0 Å². The van der Waals surface area contributed by atoms with Gasteiger partial charge in [-0.15, -0.1) is 0 Å². The Bertz CT molecular complexity index is 238. The molecule has 60 valence electrons. The lowest BCUT2D eigenvalue weighted by Gasteiger charge is -2.22. The van der Waals surface area contributed by atoms with Crippen LogP contribution in [0.1, 0.15) is 34.1 Å². The van der Waals surface area contributed by atoms with Crippen molar-refractivity contribution >= 4 is 0 Å². The molecular weight excluding hydrogens is 134 g/mol. The van der Waals surface area contributed by atoms with E-state index in [9.17, 15) is 0 Å². The van der Waals surface area contributed by atoms with Gasteiger partial charge in [0, 0.05) is 11.0 Å². The van der Waals surface area contributed by atoms with Crippen LogP contribution in [0, 0.1) is 22.2 Å². The molecule has 1 aliphatic rings. The number of hydrogen-bond donors (Lipinski definition) is 0. The van der Waals surface area contributed by atoms with Crippen LogP contribution >= 0.6 is 0 Å². The standard InChI is InChI=1S/C10H15N/c1-9(2)5-8(6-11)10(3,4)7-9/h5H,7H2,1-4H3. The maximum Gasteiger partial charge on any atom is 0.0949 e. The third-order valence-electron chi connectivity index (χ3n) is 2.28. The molecule has 0 N–H and O–H groups in total. The van der Waals surface area contributed by atoms with Crippen LogP contribution in [0.2, 0.25) is 0 Å². The second-order valence-corrected chi connectivity index (χ2v) is 4.72. The SMILES string of the molecule is CC1(C)C=C(C#N)C(C)(C)C1. The van der Waals surface area contributed by atoms with E-state index < -0.39 is 0 Å². The smallest absolute Gasteiger partial charge is 0.0949 e. The van der Waals surface area contributed by atoms with Gasteiger partial charge in [-0.2, -0.15) is 5.26 Å². The van der Waals surface area contributed by atoms with E-state index in [1.165, 1.54) is 0 Å². The van der Waals surface area contributed by atoms with Crippen LogP contribution in [0.5, 0.6) is 0 Å². The Morgan fingerprint density at radius 2 is 1.91 bits per heavy atom. The number of hydrogen-bond acceptors (Lipinski definition) is 1. The predicted molar refractivity (Wildman–Crippen MR) is 45.9 cm³/mol. The zero-order chi connectivity index (χ0) is 8.70. The van der Waals surface area contributed by atoms with E-state index >= 15 is 0 Å². The van der Waals surface area contributed by atoms with Gasteiger partial charge in [-0.25, -0.2) is 0 Å². The summed E-state index contributed by atoms with van der Waals surface area (Å²) in [5.74, 6) is 0. The van der Waals surface area contributed by atoms with Crippen LogP contribution in [-0.4, -0.2) is 0 Å². The first-order valence-corrected chi connectivity index (χ1v) is 4.01. The molecule has 11 heavy (non-hydrogen) atoms. The van der Waals surface area contributed by atoms with Crippen molar-refractivity contribution in [1.82, 2.24) is 0 Å². The molecule has 0 spiro atoms. The maximum absolute atomic E-state index is 8.82. The lowest BCUT2D eigenvalue weighted by molar-refractivity contribution is 0.328. The largest absolute Gasteiger partial charge is 0.193 e. The van der Waals surface area contributed by atoms with Crippen LogP contribution in [0.25, 0.3) is 0 Å². The van der Waals surface area contributed by atoms with E-state index in [0.717, 1.165) is 12.0 Å². The van der Waals surface area contributed by atoms with Crippen molar-refractivity contribution in [1.29, 1.82) is 5.26 Å². The summed E-state index contributed by atoms with van der Waals surface area (Å²) in [4.78, 5) is 0. The summed E-state index contributed by atoms with van der Waals surface area (Å²) in [7, 11) is 0. The van der Waals surface area contributed by atoms with Gasteiger partial charge in [0.25, 0.3) is 0 Å². The summed E-state index contributed by atoms with van der Waals surface area (Å²) in [6, 6.07) is 2.27. The van der Waals surface area contributed by atoms with Gasteiger partial charge in [0.05, 0.1) is 6.07 Å². The zero-order valence-electron chi connectivity index (χ0n) is 7.73. The Balaban J connectivity index is 3.01. The van der Waals surface area contributed by atoms with Gasteiger partial charge in [-0.3, -0.25) is 0 Å². The van der Waals surface area contributed by atoms with Crippen molar-refractivity contribution in [3.63, 3.8) is 0 Å². The van der Waals surface area contributed by atoms with E-state index in [-0.39, 0.29) is 10.8 Å². The fourth-order valence-electron chi connectivity index (χ4n) is 2.06. The minimum atomic E-state index is 0.0955. The molecule has 0 saturated carbocycles. The van der Waals surface area contributed by atoms with E-state index in [2.05, 4.69) is 39.8 Å². The number of nitrogens with zero attached hydrogens (tertiary/aromatic N) is 1. The topological polar surface area (TPSA) is 23.8 Å². The van der Waals surface area contributed by atoms with Gasteiger partial charge < -0.3 is 0 Å². The monoisotopic (exact) mass is 149 g/mol.